The van der Waals surface area contributed by atoms with Gasteiger partial charge in [0.1, 0.15) is 5.82 Å². The van der Waals surface area contributed by atoms with E-state index in [1.54, 1.807) is 12.4 Å². The van der Waals surface area contributed by atoms with Crippen molar-refractivity contribution in [3.63, 3.8) is 0 Å². The SMILES string of the molecule is Cc1cncc(-c2ccc(C3=Cc4cnc(NC5CCCC5)nc4NC3)c(Cl)c2)n1. The highest BCUT2D eigenvalue weighted by molar-refractivity contribution is 6.33. The van der Waals surface area contributed by atoms with E-state index < -0.39 is 0 Å². The minimum atomic E-state index is 0.494. The first-order valence-electron chi connectivity index (χ1n) is 10.3. The van der Waals surface area contributed by atoms with Gasteiger partial charge >= 0.3 is 0 Å². The predicted octanol–water partition coefficient (Wildman–Crippen LogP) is 5.22. The predicted molar refractivity (Wildman–Crippen MR) is 121 cm³/mol. The molecule has 2 aliphatic rings. The Morgan fingerprint density at radius 1 is 1.10 bits per heavy atom. The van der Waals surface area contributed by atoms with Crippen molar-refractivity contribution in [2.45, 2.75) is 38.6 Å². The summed E-state index contributed by atoms with van der Waals surface area (Å²) in [6.07, 6.45) is 12.4. The van der Waals surface area contributed by atoms with Crippen LogP contribution in [0, 0.1) is 6.92 Å². The number of hydrogen-bond acceptors (Lipinski definition) is 6. The molecule has 2 N–H and O–H groups in total. The molecule has 0 atom stereocenters. The number of aryl methyl sites for hydroxylation is 1. The average molecular weight is 419 g/mol. The number of benzene rings is 1. The van der Waals surface area contributed by atoms with Gasteiger partial charge in [-0.2, -0.15) is 4.98 Å². The molecule has 1 aliphatic carbocycles. The number of nitrogens with one attached hydrogen (secondary N) is 2. The van der Waals surface area contributed by atoms with Crippen LogP contribution >= 0.6 is 11.6 Å². The van der Waals surface area contributed by atoms with Crippen LogP contribution in [-0.4, -0.2) is 32.5 Å². The van der Waals surface area contributed by atoms with E-state index in [0.29, 0.717) is 23.6 Å². The van der Waals surface area contributed by atoms with Crippen LogP contribution in [0.25, 0.3) is 22.9 Å². The molecule has 3 aromatic rings. The number of nitrogens with zero attached hydrogens (tertiary/aromatic N) is 4. The van der Waals surface area contributed by atoms with Crippen LogP contribution in [0.5, 0.6) is 0 Å². The molecule has 0 bridgehead atoms. The third kappa shape index (κ3) is 3.87. The molecular weight excluding hydrogens is 396 g/mol. The normalized spacial score (nSPS) is 16.0. The van der Waals surface area contributed by atoms with Crippen LogP contribution < -0.4 is 10.6 Å². The summed E-state index contributed by atoms with van der Waals surface area (Å²) in [5.41, 5.74) is 5.72. The summed E-state index contributed by atoms with van der Waals surface area (Å²) in [6, 6.07) is 6.51. The molecule has 7 heteroatoms. The van der Waals surface area contributed by atoms with E-state index >= 15 is 0 Å². The van der Waals surface area contributed by atoms with Gasteiger partial charge in [-0.1, -0.05) is 36.6 Å². The largest absolute Gasteiger partial charge is 0.365 e. The number of anilines is 2. The van der Waals surface area contributed by atoms with Crippen molar-refractivity contribution in [1.82, 2.24) is 19.9 Å². The van der Waals surface area contributed by atoms with Crippen molar-refractivity contribution in [2.24, 2.45) is 0 Å². The van der Waals surface area contributed by atoms with Gasteiger partial charge in [-0.05, 0) is 43.0 Å². The number of fused-ring (bicyclic) bond motifs is 1. The molecule has 0 spiro atoms. The average Bonchev–Trinajstić information content (AvgIpc) is 3.26. The lowest BCUT2D eigenvalue weighted by molar-refractivity contribution is 0.744. The molecule has 3 heterocycles. The third-order valence-corrected chi connectivity index (χ3v) is 5.96. The minimum absolute atomic E-state index is 0.494. The summed E-state index contributed by atoms with van der Waals surface area (Å²) in [6.45, 7) is 2.59. The second-order valence-corrected chi connectivity index (χ2v) is 8.29. The molecule has 1 fully saturated rings. The van der Waals surface area contributed by atoms with Crippen molar-refractivity contribution in [3.8, 4) is 11.3 Å². The first kappa shape index (κ1) is 19.0. The first-order chi connectivity index (χ1) is 14.7. The maximum Gasteiger partial charge on any atom is 0.224 e. The molecule has 1 saturated carbocycles. The van der Waals surface area contributed by atoms with Gasteiger partial charge in [0.15, 0.2) is 0 Å². The van der Waals surface area contributed by atoms with Crippen molar-refractivity contribution in [1.29, 1.82) is 0 Å². The smallest absolute Gasteiger partial charge is 0.224 e. The Kier molecular flexibility index (Phi) is 5.09. The Bertz CT molecular complexity index is 1120. The molecule has 2 aromatic heterocycles. The van der Waals surface area contributed by atoms with Gasteiger partial charge < -0.3 is 10.6 Å². The number of aromatic nitrogens is 4. The molecule has 0 unspecified atom stereocenters. The zero-order chi connectivity index (χ0) is 20.5. The summed E-state index contributed by atoms with van der Waals surface area (Å²) in [5, 5.41) is 7.56. The lowest BCUT2D eigenvalue weighted by atomic mass is 9.99. The Labute approximate surface area is 180 Å². The highest BCUT2D eigenvalue weighted by atomic mass is 35.5. The summed E-state index contributed by atoms with van der Waals surface area (Å²) in [7, 11) is 0. The van der Waals surface area contributed by atoms with Gasteiger partial charge in [0, 0.05) is 41.1 Å². The van der Waals surface area contributed by atoms with Crippen molar-refractivity contribution < 1.29 is 0 Å². The molecule has 6 nitrogen and oxygen atoms in total. The fourth-order valence-corrected chi connectivity index (χ4v) is 4.39. The Morgan fingerprint density at radius 3 is 2.77 bits per heavy atom. The molecule has 5 rings (SSSR count). The zero-order valence-corrected chi connectivity index (χ0v) is 17.6. The van der Waals surface area contributed by atoms with Gasteiger partial charge in [-0.25, -0.2) is 9.97 Å². The van der Waals surface area contributed by atoms with Crippen LogP contribution in [0.2, 0.25) is 5.02 Å². The lowest BCUT2D eigenvalue weighted by Gasteiger charge is -2.20. The quantitative estimate of drug-likeness (QED) is 0.605. The second-order valence-electron chi connectivity index (χ2n) is 7.89. The molecule has 152 valence electrons. The van der Waals surface area contributed by atoms with E-state index in [1.165, 1.54) is 25.7 Å². The van der Waals surface area contributed by atoms with Crippen LogP contribution in [0.3, 0.4) is 0 Å². The molecule has 0 saturated heterocycles. The molecule has 0 amide bonds. The van der Waals surface area contributed by atoms with E-state index in [1.807, 2.05) is 31.3 Å². The van der Waals surface area contributed by atoms with E-state index in [4.69, 9.17) is 11.6 Å². The number of rotatable bonds is 4. The maximum atomic E-state index is 6.64. The number of halogens is 1. The summed E-state index contributed by atoms with van der Waals surface area (Å²) >= 11 is 6.64. The summed E-state index contributed by atoms with van der Waals surface area (Å²) in [4.78, 5) is 17.9. The first-order valence-corrected chi connectivity index (χ1v) is 10.7. The van der Waals surface area contributed by atoms with E-state index in [2.05, 4.69) is 36.6 Å². The number of hydrogen-bond donors (Lipinski definition) is 2. The molecular formula is C23H23ClN6. The molecule has 1 aromatic carbocycles. The van der Waals surface area contributed by atoms with E-state index in [0.717, 1.165) is 39.5 Å². The summed E-state index contributed by atoms with van der Waals surface area (Å²) < 4.78 is 0. The zero-order valence-electron chi connectivity index (χ0n) is 16.8. The van der Waals surface area contributed by atoms with Crippen molar-refractivity contribution in [3.05, 3.63) is 58.6 Å². The highest BCUT2D eigenvalue weighted by Gasteiger charge is 2.19. The van der Waals surface area contributed by atoms with Crippen molar-refractivity contribution in [2.75, 3.05) is 17.2 Å². The fraction of sp³-hybridized carbons (Fsp3) is 0.304. The van der Waals surface area contributed by atoms with Crippen LogP contribution in [0.4, 0.5) is 11.8 Å². The Morgan fingerprint density at radius 2 is 1.97 bits per heavy atom. The van der Waals surface area contributed by atoms with Crippen molar-refractivity contribution >= 4 is 35.0 Å². The van der Waals surface area contributed by atoms with Crippen LogP contribution in [0.15, 0.2) is 36.8 Å². The highest BCUT2D eigenvalue weighted by Crippen LogP contribution is 2.33. The monoisotopic (exact) mass is 418 g/mol. The maximum absolute atomic E-state index is 6.64. The van der Waals surface area contributed by atoms with Gasteiger partial charge in [-0.3, -0.25) is 4.98 Å². The molecule has 0 radical (unpaired) electrons. The van der Waals surface area contributed by atoms with Crippen LogP contribution in [0.1, 0.15) is 42.5 Å². The molecule has 1 aliphatic heterocycles. The standard InChI is InChI=1S/C23H23ClN6/c1-14-10-25-13-21(28-14)15-6-7-19(20(24)9-15)16-8-17-12-27-23(30-22(17)26-11-16)29-18-4-2-3-5-18/h6-10,12-13,18H,2-5,11H2,1H3,(H2,26,27,29,30). The Balaban J connectivity index is 1.39. The fourth-order valence-electron chi connectivity index (χ4n) is 4.09. The molecule has 30 heavy (non-hydrogen) atoms. The van der Waals surface area contributed by atoms with E-state index in [-0.39, 0.29) is 0 Å². The minimum Gasteiger partial charge on any atom is -0.365 e. The Hall–Kier alpha value is -2.99. The van der Waals surface area contributed by atoms with E-state index in [9.17, 15) is 0 Å². The van der Waals surface area contributed by atoms with Gasteiger partial charge in [0.2, 0.25) is 5.95 Å². The lowest BCUT2D eigenvalue weighted by Crippen LogP contribution is -2.18. The van der Waals surface area contributed by atoms with Gasteiger partial charge in [-0.15, -0.1) is 0 Å². The summed E-state index contributed by atoms with van der Waals surface area (Å²) in [5.74, 6) is 1.56. The third-order valence-electron chi connectivity index (χ3n) is 5.65. The van der Waals surface area contributed by atoms with Crippen LogP contribution in [-0.2, 0) is 0 Å². The van der Waals surface area contributed by atoms with Gasteiger partial charge in [0.05, 0.1) is 17.6 Å². The topological polar surface area (TPSA) is 75.6 Å². The second kappa shape index (κ2) is 8.03. The van der Waals surface area contributed by atoms with Gasteiger partial charge in [0.25, 0.3) is 0 Å².